The molecule has 0 aliphatic heterocycles. The molecule has 21 heavy (non-hydrogen) atoms. The number of fused-ring (bicyclic) bond motifs is 1. The number of hydrogen-bond acceptors (Lipinski definition) is 2. The Hall–Kier alpha value is -2.21. The van der Waals surface area contributed by atoms with Crippen LogP contribution in [0.4, 0.5) is 18.9 Å². The Morgan fingerprint density at radius 2 is 1.86 bits per heavy atom. The topological polar surface area (TPSA) is 54.7 Å². The van der Waals surface area contributed by atoms with E-state index in [1.54, 1.807) is 18.2 Å². The van der Waals surface area contributed by atoms with Gasteiger partial charge in [0.25, 0.3) is 0 Å². The molecular weight excluding hydrogens is 303 g/mol. The van der Waals surface area contributed by atoms with Crippen LogP contribution < -0.4 is 5.73 Å². The Balaban J connectivity index is 2.15. The highest BCUT2D eigenvalue weighted by atomic mass is 35.5. The third kappa shape index (κ3) is 2.54. The predicted octanol–water partition coefficient (Wildman–Crippen LogP) is 4.48. The third-order valence-electron chi connectivity index (χ3n) is 3.05. The molecule has 0 aliphatic rings. The second-order valence-corrected chi connectivity index (χ2v) is 4.96. The van der Waals surface area contributed by atoms with Crippen molar-refractivity contribution in [2.75, 3.05) is 5.73 Å². The van der Waals surface area contributed by atoms with Crippen LogP contribution in [0.15, 0.2) is 36.4 Å². The molecule has 3 rings (SSSR count). The van der Waals surface area contributed by atoms with Crippen LogP contribution in [0.5, 0.6) is 0 Å². The highest BCUT2D eigenvalue weighted by Gasteiger charge is 2.30. The molecule has 0 fully saturated rings. The van der Waals surface area contributed by atoms with E-state index >= 15 is 0 Å². The molecule has 0 unspecified atom stereocenters. The number of aromatic nitrogens is 2. The molecular formula is C14H9ClF3N3. The van der Waals surface area contributed by atoms with Crippen LogP contribution in [0.3, 0.4) is 0 Å². The zero-order valence-corrected chi connectivity index (χ0v) is 11.3. The van der Waals surface area contributed by atoms with E-state index in [4.69, 9.17) is 17.3 Å². The highest BCUT2D eigenvalue weighted by molar-refractivity contribution is 6.33. The van der Waals surface area contributed by atoms with Crippen molar-refractivity contribution in [2.45, 2.75) is 6.18 Å². The minimum absolute atomic E-state index is 0.290. The van der Waals surface area contributed by atoms with Gasteiger partial charge in [0.2, 0.25) is 0 Å². The summed E-state index contributed by atoms with van der Waals surface area (Å²) in [5.41, 5.74) is 6.71. The van der Waals surface area contributed by atoms with Gasteiger partial charge in [-0.2, -0.15) is 13.2 Å². The molecule has 2 aromatic carbocycles. The van der Waals surface area contributed by atoms with Crippen molar-refractivity contribution in [3.05, 3.63) is 47.0 Å². The molecule has 3 aromatic rings. The van der Waals surface area contributed by atoms with Crippen molar-refractivity contribution < 1.29 is 13.2 Å². The standard InChI is InChI=1S/C14H9ClF3N3/c15-10-3-2-8(19)6-9(10)13-20-11-4-1-7(14(16,17)18)5-12(11)21-13/h1-6H,19H2,(H,20,21). The average Bonchev–Trinajstić information content (AvgIpc) is 2.83. The Kier molecular flexibility index (Phi) is 3.06. The number of hydrogen-bond donors (Lipinski definition) is 2. The van der Waals surface area contributed by atoms with Crippen LogP contribution in [0.25, 0.3) is 22.4 Å². The number of nitrogens with two attached hydrogens (primary N) is 1. The number of nitrogen functional groups attached to an aromatic ring is 1. The predicted molar refractivity (Wildman–Crippen MR) is 76.0 cm³/mol. The van der Waals surface area contributed by atoms with Gasteiger partial charge in [-0.25, -0.2) is 4.98 Å². The van der Waals surface area contributed by atoms with Crippen molar-refractivity contribution in [3.63, 3.8) is 0 Å². The second kappa shape index (κ2) is 4.66. The number of halogens is 4. The largest absolute Gasteiger partial charge is 0.416 e. The summed E-state index contributed by atoms with van der Waals surface area (Å²) in [5, 5.41) is 0.416. The molecule has 3 nitrogen and oxygen atoms in total. The molecule has 0 radical (unpaired) electrons. The molecule has 0 spiro atoms. The van der Waals surface area contributed by atoms with Crippen LogP contribution in [-0.2, 0) is 6.18 Å². The Bertz CT molecular complexity index is 824. The summed E-state index contributed by atoms with van der Waals surface area (Å²) >= 11 is 6.07. The number of anilines is 1. The maximum atomic E-state index is 12.7. The number of nitrogens with zero attached hydrogens (tertiary/aromatic N) is 1. The average molecular weight is 312 g/mol. The van der Waals surface area contributed by atoms with Gasteiger partial charge >= 0.3 is 6.18 Å². The number of H-pyrrole nitrogens is 1. The van der Waals surface area contributed by atoms with Gasteiger partial charge in [-0.3, -0.25) is 0 Å². The first-order valence-electron chi connectivity index (χ1n) is 5.97. The maximum absolute atomic E-state index is 12.7. The minimum atomic E-state index is -4.39. The molecule has 7 heteroatoms. The molecule has 0 saturated heterocycles. The number of benzene rings is 2. The quantitative estimate of drug-likeness (QED) is 0.651. The fourth-order valence-electron chi connectivity index (χ4n) is 2.04. The molecule has 0 atom stereocenters. The van der Waals surface area contributed by atoms with Gasteiger partial charge < -0.3 is 10.7 Å². The van der Waals surface area contributed by atoms with E-state index in [-0.39, 0.29) is 0 Å². The lowest BCUT2D eigenvalue weighted by Gasteiger charge is -2.05. The molecule has 0 amide bonds. The summed E-state index contributed by atoms with van der Waals surface area (Å²) in [6.07, 6.45) is -4.39. The number of nitrogens with one attached hydrogen (secondary N) is 1. The fourth-order valence-corrected chi connectivity index (χ4v) is 2.24. The van der Waals surface area contributed by atoms with Crippen molar-refractivity contribution in [1.82, 2.24) is 9.97 Å². The van der Waals surface area contributed by atoms with Crippen molar-refractivity contribution in [3.8, 4) is 11.4 Å². The van der Waals surface area contributed by atoms with E-state index in [1.165, 1.54) is 6.07 Å². The maximum Gasteiger partial charge on any atom is 0.416 e. The second-order valence-electron chi connectivity index (χ2n) is 4.55. The molecule has 0 aliphatic carbocycles. The van der Waals surface area contributed by atoms with Crippen LogP contribution in [0.1, 0.15) is 5.56 Å². The van der Waals surface area contributed by atoms with Crippen molar-refractivity contribution in [2.24, 2.45) is 0 Å². The van der Waals surface area contributed by atoms with E-state index in [2.05, 4.69) is 9.97 Å². The summed E-state index contributed by atoms with van der Waals surface area (Å²) in [7, 11) is 0. The van der Waals surface area contributed by atoms with Crippen LogP contribution in [0.2, 0.25) is 5.02 Å². The van der Waals surface area contributed by atoms with Gasteiger partial charge in [0.15, 0.2) is 0 Å². The monoisotopic (exact) mass is 311 g/mol. The van der Waals surface area contributed by atoms with Gasteiger partial charge in [-0.1, -0.05) is 11.6 Å². The molecule has 108 valence electrons. The highest BCUT2D eigenvalue weighted by Crippen LogP contribution is 2.33. The van der Waals surface area contributed by atoms with Gasteiger partial charge in [0, 0.05) is 11.3 Å². The first-order chi connectivity index (χ1) is 9.84. The number of alkyl halides is 3. The Morgan fingerprint density at radius 1 is 1.10 bits per heavy atom. The lowest BCUT2D eigenvalue weighted by Crippen LogP contribution is -2.04. The smallest absolute Gasteiger partial charge is 0.399 e. The van der Waals surface area contributed by atoms with E-state index in [0.717, 1.165) is 12.1 Å². The molecule has 0 saturated carbocycles. The Labute approximate surface area is 122 Å². The lowest BCUT2D eigenvalue weighted by atomic mass is 10.2. The summed E-state index contributed by atoms with van der Waals surface area (Å²) in [6, 6.07) is 8.19. The van der Waals surface area contributed by atoms with Gasteiger partial charge in [-0.15, -0.1) is 0 Å². The van der Waals surface area contributed by atoms with E-state index in [9.17, 15) is 13.2 Å². The lowest BCUT2D eigenvalue weighted by molar-refractivity contribution is -0.137. The van der Waals surface area contributed by atoms with Crippen LogP contribution in [-0.4, -0.2) is 9.97 Å². The van der Waals surface area contributed by atoms with E-state index in [0.29, 0.717) is 33.1 Å². The van der Waals surface area contributed by atoms with Gasteiger partial charge in [-0.05, 0) is 36.4 Å². The minimum Gasteiger partial charge on any atom is -0.399 e. The van der Waals surface area contributed by atoms with E-state index < -0.39 is 11.7 Å². The molecule has 0 bridgehead atoms. The fraction of sp³-hybridized carbons (Fsp3) is 0.0714. The van der Waals surface area contributed by atoms with Crippen molar-refractivity contribution in [1.29, 1.82) is 0 Å². The number of imidazole rings is 1. The first-order valence-corrected chi connectivity index (χ1v) is 6.35. The molecule has 1 aromatic heterocycles. The summed E-state index contributed by atoms with van der Waals surface area (Å²) in [4.78, 5) is 7.09. The Morgan fingerprint density at radius 3 is 2.57 bits per heavy atom. The zero-order valence-electron chi connectivity index (χ0n) is 10.5. The third-order valence-corrected chi connectivity index (χ3v) is 3.38. The number of aromatic amines is 1. The summed E-state index contributed by atoms with van der Waals surface area (Å²) in [6.45, 7) is 0. The number of rotatable bonds is 1. The van der Waals surface area contributed by atoms with Gasteiger partial charge in [0.1, 0.15) is 5.82 Å². The van der Waals surface area contributed by atoms with Crippen LogP contribution >= 0.6 is 11.6 Å². The normalized spacial score (nSPS) is 12.0. The SMILES string of the molecule is Nc1ccc(Cl)c(-c2nc3ccc(C(F)(F)F)cc3[nH]2)c1. The van der Waals surface area contributed by atoms with Crippen LogP contribution in [0, 0.1) is 0 Å². The first kappa shape index (κ1) is 13.8. The van der Waals surface area contributed by atoms with Gasteiger partial charge in [0.05, 0.1) is 21.6 Å². The molecule has 1 heterocycles. The van der Waals surface area contributed by atoms with Crippen molar-refractivity contribution >= 4 is 28.3 Å². The zero-order chi connectivity index (χ0) is 15.2. The van der Waals surface area contributed by atoms with E-state index in [1.807, 2.05) is 0 Å². The molecule has 3 N–H and O–H groups in total. The summed E-state index contributed by atoms with van der Waals surface area (Å²) in [5.74, 6) is 0.377. The summed E-state index contributed by atoms with van der Waals surface area (Å²) < 4.78 is 38.1.